The molecule has 0 aliphatic heterocycles. The molecule has 3 heteroatoms. The lowest BCUT2D eigenvalue weighted by Crippen LogP contribution is -2.21. The summed E-state index contributed by atoms with van der Waals surface area (Å²) in [5.74, 6) is 0.556. The zero-order valence-electron chi connectivity index (χ0n) is 7.78. The summed E-state index contributed by atoms with van der Waals surface area (Å²) < 4.78 is 0. The van der Waals surface area contributed by atoms with Gasteiger partial charge in [-0.25, -0.2) is 9.97 Å². The Kier molecular flexibility index (Phi) is 3.17. The van der Waals surface area contributed by atoms with E-state index in [1.165, 1.54) is 0 Å². The van der Waals surface area contributed by atoms with E-state index < -0.39 is 0 Å². The van der Waals surface area contributed by atoms with Crippen LogP contribution in [-0.2, 0) is 0 Å². The first-order chi connectivity index (χ1) is 5.75. The van der Waals surface area contributed by atoms with E-state index in [-0.39, 0.29) is 0 Å². The minimum absolute atomic E-state index is 0.353. The van der Waals surface area contributed by atoms with Crippen molar-refractivity contribution in [2.75, 3.05) is 7.05 Å². The van der Waals surface area contributed by atoms with Crippen molar-refractivity contribution in [3.05, 3.63) is 24.3 Å². The van der Waals surface area contributed by atoms with Gasteiger partial charge in [0.1, 0.15) is 6.33 Å². The molecule has 0 bridgehead atoms. The highest BCUT2D eigenvalue weighted by molar-refractivity contribution is 5.09. The van der Waals surface area contributed by atoms with Crippen molar-refractivity contribution in [2.45, 2.75) is 19.9 Å². The third-order valence-corrected chi connectivity index (χ3v) is 1.92. The van der Waals surface area contributed by atoms with E-state index in [1.54, 1.807) is 6.33 Å². The molecule has 12 heavy (non-hydrogen) atoms. The van der Waals surface area contributed by atoms with Crippen LogP contribution in [0, 0.1) is 5.92 Å². The topological polar surface area (TPSA) is 37.8 Å². The molecule has 0 unspecified atom stereocenters. The minimum Gasteiger partial charge on any atom is -0.313 e. The molecule has 1 heterocycles. The van der Waals surface area contributed by atoms with Crippen LogP contribution in [-0.4, -0.2) is 17.0 Å². The Morgan fingerprint density at radius 1 is 1.25 bits per heavy atom. The second-order valence-electron chi connectivity index (χ2n) is 3.18. The summed E-state index contributed by atoms with van der Waals surface area (Å²) in [7, 11) is 1.96. The first-order valence-corrected chi connectivity index (χ1v) is 4.18. The Balaban J connectivity index is 2.80. The van der Waals surface area contributed by atoms with Crippen LogP contribution in [0.4, 0.5) is 0 Å². The lowest BCUT2D eigenvalue weighted by Gasteiger charge is -2.19. The van der Waals surface area contributed by atoms with Crippen LogP contribution in [0.15, 0.2) is 18.7 Å². The fourth-order valence-electron chi connectivity index (χ4n) is 1.36. The maximum atomic E-state index is 3.98. The molecule has 0 aliphatic carbocycles. The number of hydrogen-bond donors (Lipinski definition) is 1. The zero-order chi connectivity index (χ0) is 8.97. The molecule has 1 atom stereocenters. The predicted molar refractivity (Wildman–Crippen MR) is 48.7 cm³/mol. The number of nitrogens with one attached hydrogen (secondary N) is 1. The highest BCUT2D eigenvalue weighted by atomic mass is 14.9. The largest absolute Gasteiger partial charge is 0.313 e. The van der Waals surface area contributed by atoms with Crippen LogP contribution < -0.4 is 5.32 Å². The zero-order valence-corrected chi connectivity index (χ0v) is 7.78. The summed E-state index contributed by atoms with van der Waals surface area (Å²) in [6, 6.07) is 0.353. The van der Waals surface area contributed by atoms with Gasteiger partial charge in [-0.1, -0.05) is 13.8 Å². The van der Waals surface area contributed by atoms with Crippen molar-refractivity contribution in [1.29, 1.82) is 0 Å². The van der Waals surface area contributed by atoms with Crippen LogP contribution in [0.1, 0.15) is 25.5 Å². The number of rotatable bonds is 3. The standard InChI is InChI=1S/C9H15N3/c1-7(2)9(10-3)8-4-11-6-12-5-8/h4-7,9-10H,1-3H3/t9-/m0/s1. The van der Waals surface area contributed by atoms with Gasteiger partial charge >= 0.3 is 0 Å². The van der Waals surface area contributed by atoms with Gasteiger partial charge in [-0.15, -0.1) is 0 Å². The Hall–Kier alpha value is -0.960. The molecule has 1 rings (SSSR count). The SMILES string of the molecule is CN[C@H](c1cncnc1)C(C)C. The maximum absolute atomic E-state index is 3.98. The van der Waals surface area contributed by atoms with E-state index in [9.17, 15) is 0 Å². The third-order valence-electron chi connectivity index (χ3n) is 1.92. The van der Waals surface area contributed by atoms with Crippen LogP contribution >= 0.6 is 0 Å². The minimum atomic E-state index is 0.353. The number of aromatic nitrogens is 2. The average Bonchev–Trinajstić information content (AvgIpc) is 2.07. The molecule has 0 aliphatic rings. The van der Waals surface area contributed by atoms with Crippen molar-refractivity contribution in [3.63, 3.8) is 0 Å². The summed E-state index contributed by atoms with van der Waals surface area (Å²) in [5, 5.41) is 3.24. The van der Waals surface area contributed by atoms with E-state index in [0.717, 1.165) is 5.56 Å². The van der Waals surface area contributed by atoms with Gasteiger partial charge in [0.15, 0.2) is 0 Å². The second-order valence-corrected chi connectivity index (χ2v) is 3.18. The molecule has 0 fully saturated rings. The molecule has 0 saturated carbocycles. The maximum Gasteiger partial charge on any atom is 0.115 e. The van der Waals surface area contributed by atoms with Gasteiger partial charge in [0.2, 0.25) is 0 Å². The lowest BCUT2D eigenvalue weighted by atomic mass is 9.99. The molecule has 1 N–H and O–H groups in total. The Morgan fingerprint density at radius 2 is 1.83 bits per heavy atom. The molecular formula is C9H15N3. The van der Waals surface area contributed by atoms with Crippen LogP contribution in [0.3, 0.4) is 0 Å². The Morgan fingerprint density at radius 3 is 2.25 bits per heavy atom. The number of hydrogen-bond acceptors (Lipinski definition) is 3. The predicted octanol–water partition coefficient (Wildman–Crippen LogP) is 1.39. The molecule has 3 nitrogen and oxygen atoms in total. The van der Waals surface area contributed by atoms with Crippen molar-refractivity contribution in [3.8, 4) is 0 Å². The van der Waals surface area contributed by atoms with Crippen molar-refractivity contribution < 1.29 is 0 Å². The van der Waals surface area contributed by atoms with E-state index in [1.807, 2.05) is 19.4 Å². The quantitative estimate of drug-likeness (QED) is 0.735. The van der Waals surface area contributed by atoms with Crippen LogP contribution in [0.25, 0.3) is 0 Å². The van der Waals surface area contributed by atoms with Gasteiger partial charge in [-0.3, -0.25) is 0 Å². The highest BCUT2D eigenvalue weighted by Crippen LogP contribution is 2.18. The normalized spacial score (nSPS) is 13.3. The summed E-state index contributed by atoms with van der Waals surface area (Å²) in [6.07, 6.45) is 5.26. The monoisotopic (exact) mass is 165 g/mol. The van der Waals surface area contributed by atoms with Crippen molar-refractivity contribution in [2.24, 2.45) is 5.92 Å². The van der Waals surface area contributed by atoms with Gasteiger partial charge in [0.05, 0.1) is 0 Å². The van der Waals surface area contributed by atoms with Crippen LogP contribution in [0.2, 0.25) is 0 Å². The Labute approximate surface area is 73.2 Å². The first-order valence-electron chi connectivity index (χ1n) is 4.18. The summed E-state index contributed by atoms with van der Waals surface area (Å²) >= 11 is 0. The molecule has 0 spiro atoms. The number of nitrogens with zero attached hydrogens (tertiary/aromatic N) is 2. The fourth-order valence-corrected chi connectivity index (χ4v) is 1.36. The molecule has 1 aromatic rings. The van der Waals surface area contributed by atoms with Crippen LogP contribution in [0.5, 0.6) is 0 Å². The highest BCUT2D eigenvalue weighted by Gasteiger charge is 2.12. The van der Waals surface area contributed by atoms with Gasteiger partial charge in [0, 0.05) is 24.0 Å². The summed E-state index contributed by atoms with van der Waals surface area (Å²) in [6.45, 7) is 4.35. The second kappa shape index (κ2) is 4.16. The van der Waals surface area contributed by atoms with E-state index in [2.05, 4.69) is 29.1 Å². The molecule has 66 valence electrons. The smallest absolute Gasteiger partial charge is 0.115 e. The molecule has 0 saturated heterocycles. The third kappa shape index (κ3) is 2.01. The lowest BCUT2D eigenvalue weighted by molar-refractivity contribution is 0.441. The fraction of sp³-hybridized carbons (Fsp3) is 0.556. The molecule has 0 radical (unpaired) electrons. The molecule has 0 aromatic carbocycles. The van der Waals surface area contributed by atoms with E-state index in [0.29, 0.717) is 12.0 Å². The molecular weight excluding hydrogens is 150 g/mol. The summed E-state index contributed by atoms with van der Waals surface area (Å²) in [4.78, 5) is 7.97. The van der Waals surface area contributed by atoms with Gasteiger partial charge in [-0.05, 0) is 13.0 Å². The van der Waals surface area contributed by atoms with E-state index in [4.69, 9.17) is 0 Å². The molecule has 1 aromatic heterocycles. The van der Waals surface area contributed by atoms with Gasteiger partial charge < -0.3 is 5.32 Å². The van der Waals surface area contributed by atoms with Crippen molar-refractivity contribution in [1.82, 2.24) is 15.3 Å². The van der Waals surface area contributed by atoms with E-state index >= 15 is 0 Å². The Bertz CT molecular complexity index is 220. The van der Waals surface area contributed by atoms with Gasteiger partial charge in [-0.2, -0.15) is 0 Å². The molecule has 0 amide bonds. The van der Waals surface area contributed by atoms with Gasteiger partial charge in [0.25, 0.3) is 0 Å². The summed E-state index contributed by atoms with van der Waals surface area (Å²) in [5.41, 5.74) is 1.15. The average molecular weight is 165 g/mol. The van der Waals surface area contributed by atoms with Crippen molar-refractivity contribution >= 4 is 0 Å². The first kappa shape index (κ1) is 9.13.